The molecule has 2 heterocycles. The third-order valence-corrected chi connectivity index (χ3v) is 7.60. The number of carboxylic acids is 1. The zero-order valence-electron chi connectivity index (χ0n) is 20.2. The van der Waals surface area contributed by atoms with Crippen molar-refractivity contribution in [3.05, 3.63) is 99.9 Å². The van der Waals surface area contributed by atoms with E-state index in [2.05, 4.69) is 10.1 Å². The van der Waals surface area contributed by atoms with Gasteiger partial charge in [0.25, 0.3) is 0 Å². The number of benzene rings is 3. The van der Waals surface area contributed by atoms with E-state index in [-0.39, 0.29) is 12.3 Å². The van der Waals surface area contributed by atoms with Crippen LogP contribution >= 0.6 is 23.2 Å². The van der Waals surface area contributed by atoms with Crippen molar-refractivity contribution in [1.29, 1.82) is 0 Å². The van der Waals surface area contributed by atoms with Crippen LogP contribution in [0.1, 0.15) is 47.0 Å². The maximum Gasteiger partial charge on any atom is 0.355 e. The molecule has 38 heavy (non-hydrogen) atoms. The van der Waals surface area contributed by atoms with Crippen LogP contribution in [0, 0.1) is 0 Å². The third kappa shape index (κ3) is 4.51. The monoisotopic (exact) mass is 544 g/mol. The lowest BCUT2D eigenvalue weighted by atomic mass is 9.81. The topological polar surface area (TPSA) is 85.5 Å². The second-order valence-electron chi connectivity index (χ2n) is 9.29. The highest BCUT2D eigenvalue weighted by Gasteiger charge is 2.30. The van der Waals surface area contributed by atoms with E-state index in [1.165, 1.54) is 0 Å². The van der Waals surface area contributed by atoms with Gasteiger partial charge in [-0.25, -0.2) is 9.78 Å². The Morgan fingerprint density at radius 1 is 1.00 bits per heavy atom. The first kappa shape index (κ1) is 24.5. The summed E-state index contributed by atoms with van der Waals surface area (Å²) < 4.78 is 12.0. The van der Waals surface area contributed by atoms with Crippen LogP contribution in [-0.2, 0) is 6.61 Å². The highest BCUT2D eigenvalue weighted by molar-refractivity contribution is 6.39. The van der Waals surface area contributed by atoms with Gasteiger partial charge in [-0.2, -0.15) is 0 Å². The molecule has 1 aliphatic rings. The van der Waals surface area contributed by atoms with Crippen molar-refractivity contribution in [2.75, 3.05) is 0 Å². The zero-order chi connectivity index (χ0) is 26.2. The number of pyridine rings is 1. The smallest absolute Gasteiger partial charge is 0.355 e. The molecule has 1 saturated carbocycles. The minimum absolute atomic E-state index is 0.00763. The lowest BCUT2D eigenvalue weighted by Gasteiger charge is -2.23. The number of aromatic carboxylic acids is 1. The molecule has 0 bridgehead atoms. The lowest BCUT2D eigenvalue weighted by Crippen LogP contribution is -2.11. The van der Waals surface area contributed by atoms with E-state index >= 15 is 0 Å². The SMILES string of the molecule is O=C(O)c1nc2ccccc2cc1-c1ccc(OCc2c(-c3c(Cl)cccc3Cl)noc2C2CCC2)cc1. The van der Waals surface area contributed by atoms with Crippen molar-refractivity contribution in [2.45, 2.75) is 31.8 Å². The van der Waals surface area contributed by atoms with E-state index in [0.29, 0.717) is 44.1 Å². The molecule has 1 N–H and O–H groups in total. The summed E-state index contributed by atoms with van der Waals surface area (Å²) in [5.74, 6) is 0.657. The van der Waals surface area contributed by atoms with Gasteiger partial charge >= 0.3 is 5.97 Å². The van der Waals surface area contributed by atoms with Gasteiger partial charge in [0, 0.05) is 22.4 Å². The number of ether oxygens (including phenoxy) is 1. The van der Waals surface area contributed by atoms with Crippen molar-refractivity contribution in [1.82, 2.24) is 10.1 Å². The molecule has 5 aromatic rings. The van der Waals surface area contributed by atoms with Gasteiger partial charge in [-0.05, 0) is 54.8 Å². The number of carboxylic acid groups (broad SMARTS) is 1. The molecule has 0 unspecified atom stereocenters. The molecular formula is C30H22Cl2N2O4. The Labute approximate surface area is 228 Å². The van der Waals surface area contributed by atoms with Crippen molar-refractivity contribution in [3.63, 3.8) is 0 Å². The Balaban J connectivity index is 1.30. The molecule has 190 valence electrons. The second kappa shape index (κ2) is 10.1. The number of aromatic nitrogens is 2. The number of para-hydroxylation sites is 1. The first-order chi connectivity index (χ1) is 18.5. The number of carbonyl (C=O) groups is 1. The van der Waals surface area contributed by atoms with Gasteiger partial charge in [0.05, 0.1) is 21.1 Å². The van der Waals surface area contributed by atoms with Crippen molar-refractivity contribution in [2.24, 2.45) is 0 Å². The van der Waals surface area contributed by atoms with Gasteiger partial charge in [0.2, 0.25) is 0 Å². The number of halogens is 2. The fraction of sp³-hybridized carbons (Fsp3) is 0.167. The highest BCUT2D eigenvalue weighted by atomic mass is 35.5. The summed E-state index contributed by atoms with van der Waals surface area (Å²) in [5, 5.41) is 16.0. The normalized spacial score (nSPS) is 13.4. The third-order valence-electron chi connectivity index (χ3n) is 6.97. The van der Waals surface area contributed by atoms with Gasteiger partial charge in [-0.15, -0.1) is 0 Å². The largest absolute Gasteiger partial charge is 0.489 e. The molecule has 0 saturated heterocycles. The Hall–Kier alpha value is -3.87. The van der Waals surface area contributed by atoms with Crippen LogP contribution in [0.2, 0.25) is 10.0 Å². The van der Waals surface area contributed by atoms with E-state index in [1.54, 1.807) is 24.3 Å². The maximum atomic E-state index is 11.9. The summed E-state index contributed by atoms with van der Waals surface area (Å²) in [6, 6.07) is 21.9. The summed E-state index contributed by atoms with van der Waals surface area (Å²) in [6.07, 6.45) is 3.23. The number of hydrogen-bond donors (Lipinski definition) is 1. The van der Waals surface area contributed by atoms with Gasteiger partial charge in [0.15, 0.2) is 5.69 Å². The van der Waals surface area contributed by atoms with Crippen molar-refractivity contribution >= 4 is 40.1 Å². The van der Waals surface area contributed by atoms with E-state index in [4.69, 9.17) is 32.5 Å². The number of fused-ring (bicyclic) bond motifs is 1. The minimum atomic E-state index is -1.08. The van der Waals surface area contributed by atoms with Gasteiger partial charge in [-0.1, -0.05) is 71.2 Å². The van der Waals surface area contributed by atoms with Gasteiger partial charge < -0.3 is 14.4 Å². The molecule has 8 heteroatoms. The Morgan fingerprint density at radius 3 is 2.42 bits per heavy atom. The van der Waals surface area contributed by atoms with E-state index in [1.807, 2.05) is 48.5 Å². The molecule has 0 aliphatic heterocycles. The molecule has 6 nitrogen and oxygen atoms in total. The summed E-state index contributed by atoms with van der Waals surface area (Å²) in [5.41, 5.74) is 3.98. The van der Waals surface area contributed by atoms with Crippen LogP contribution in [-0.4, -0.2) is 21.2 Å². The summed E-state index contributed by atoms with van der Waals surface area (Å²) in [7, 11) is 0. The quantitative estimate of drug-likeness (QED) is 0.221. The zero-order valence-corrected chi connectivity index (χ0v) is 21.7. The van der Waals surface area contributed by atoms with Crippen LogP contribution in [0.4, 0.5) is 0 Å². The summed E-state index contributed by atoms with van der Waals surface area (Å²) in [4.78, 5) is 16.3. The van der Waals surface area contributed by atoms with Crippen LogP contribution in [0.25, 0.3) is 33.3 Å². The molecule has 0 atom stereocenters. The molecule has 0 radical (unpaired) electrons. The maximum absolute atomic E-state index is 11.9. The molecule has 1 aliphatic carbocycles. The molecule has 2 aromatic heterocycles. The average molecular weight is 545 g/mol. The van der Waals surface area contributed by atoms with E-state index in [0.717, 1.165) is 41.5 Å². The molecule has 6 rings (SSSR count). The Bertz CT molecular complexity index is 1640. The first-order valence-electron chi connectivity index (χ1n) is 12.3. The predicted molar refractivity (Wildman–Crippen MR) is 147 cm³/mol. The standard InChI is InChI=1S/C30H22Cl2N2O4/c31-23-8-4-9-24(32)26(23)27-22(29(38-34-27)18-6-3-7-18)16-37-20-13-11-17(12-14-20)21-15-19-5-1-2-10-25(19)33-28(21)30(35)36/h1-2,4-5,8-15,18H,3,6-7,16H2,(H,35,36). The van der Waals surface area contributed by atoms with Crippen LogP contribution in [0.15, 0.2) is 77.3 Å². The number of hydrogen-bond acceptors (Lipinski definition) is 5. The van der Waals surface area contributed by atoms with Crippen LogP contribution < -0.4 is 4.74 Å². The Kier molecular flexibility index (Phi) is 6.52. The number of rotatable bonds is 7. The molecule has 3 aromatic carbocycles. The van der Waals surface area contributed by atoms with Gasteiger partial charge in [-0.3, -0.25) is 0 Å². The molecule has 1 fully saturated rings. The summed E-state index contributed by atoms with van der Waals surface area (Å²) >= 11 is 13.0. The fourth-order valence-corrected chi connectivity index (χ4v) is 5.33. The van der Waals surface area contributed by atoms with E-state index < -0.39 is 5.97 Å². The highest BCUT2D eigenvalue weighted by Crippen LogP contribution is 2.44. The fourth-order valence-electron chi connectivity index (χ4n) is 4.76. The second-order valence-corrected chi connectivity index (χ2v) is 10.1. The predicted octanol–water partition coefficient (Wildman–Crippen LogP) is 8.41. The Morgan fingerprint density at radius 2 is 1.74 bits per heavy atom. The average Bonchev–Trinajstić information content (AvgIpc) is 3.28. The number of nitrogens with zero attached hydrogens (tertiary/aromatic N) is 2. The van der Waals surface area contributed by atoms with Crippen molar-refractivity contribution in [3.8, 4) is 28.1 Å². The van der Waals surface area contributed by atoms with Crippen LogP contribution in [0.3, 0.4) is 0 Å². The van der Waals surface area contributed by atoms with Crippen molar-refractivity contribution < 1.29 is 19.2 Å². The van der Waals surface area contributed by atoms with Crippen LogP contribution in [0.5, 0.6) is 5.75 Å². The van der Waals surface area contributed by atoms with E-state index in [9.17, 15) is 9.90 Å². The molecule has 0 amide bonds. The molecule has 0 spiro atoms. The summed E-state index contributed by atoms with van der Waals surface area (Å²) in [6.45, 7) is 0.226. The molecular weight excluding hydrogens is 523 g/mol. The minimum Gasteiger partial charge on any atom is -0.489 e. The lowest BCUT2D eigenvalue weighted by molar-refractivity contribution is 0.0692. The van der Waals surface area contributed by atoms with Gasteiger partial charge in [0.1, 0.15) is 23.8 Å². The first-order valence-corrected chi connectivity index (χ1v) is 13.0.